The summed E-state index contributed by atoms with van der Waals surface area (Å²) in [4.78, 5) is 15.9. The fraction of sp³-hybridized carbons (Fsp3) is 0.176. The minimum absolute atomic E-state index is 0.163. The molecule has 1 aromatic heterocycles. The maximum Gasteiger partial charge on any atom is 0.338 e. The molecule has 0 N–H and O–H groups in total. The molecule has 0 saturated heterocycles. The molecule has 0 aliphatic heterocycles. The summed E-state index contributed by atoms with van der Waals surface area (Å²) < 4.78 is 16.0. The zero-order chi connectivity index (χ0) is 15.8. The second-order valence-corrected chi connectivity index (χ2v) is 4.40. The van der Waals surface area contributed by atoms with Gasteiger partial charge < -0.3 is 14.2 Å². The molecule has 22 heavy (non-hydrogen) atoms. The number of carbonyl (C=O) groups is 1. The molecule has 2 aromatic rings. The Morgan fingerprint density at radius 1 is 1.32 bits per heavy atom. The van der Waals surface area contributed by atoms with Gasteiger partial charge in [-0.2, -0.15) is 0 Å². The summed E-state index contributed by atoms with van der Waals surface area (Å²) in [6, 6.07) is 8.63. The van der Waals surface area contributed by atoms with Gasteiger partial charge in [-0.25, -0.2) is 4.79 Å². The highest BCUT2D eigenvalue weighted by Crippen LogP contribution is 2.29. The van der Waals surface area contributed by atoms with Crippen molar-refractivity contribution in [2.75, 3.05) is 13.7 Å². The highest BCUT2D eigenvalue weighted by Gasteiger charge is 2.12. The van der Waals surface area contributed by atoms with Crippen LogP contribution in [0.15, 0.2) is 55.4 Å². The highest BCUT2D eigenvalue weighted by atomic mass is 16.5. The van der Waals surface area contributed by atoms with Gasteiger partial charge >= 0.3 is 5.97 Å². The van der Waals surface area contributed by atoms with Crippen LogP contribution in [-0.2, 0) is 11.3 Å². The highest BCUT2D eigenvalue weighted by molar-refractivity contribution is 5.90. The monoisotopic (exact) mass is 299 g/mol. The molecule has 0 radical (unpaired) electrons. The lowest BCUT2D eigenvalue weighted by Gasteiger charge is -2.12. The van der Waals surface area contributed by atoms with E-state index in [0.717, 1.165) is 5.56 Å². The van der Waals surface area contributed by atoms with E-state index in [1.54, 1.807) is 37.7 Å². The van der Waals surface area contributed by atoms with Gasteiger partial charge in [0.1, 0.15) is 13.2 Å². The number of benzene rings is 1. The third kappa shape index (κ3) is 4.09. The van der Waals surface area contributed by atoms with Crippen LogP contribution in [0.1, 0.15) is 15.9 Å². The Kier molecular flexibility index (Phi) is 5.54. The van der Waals surface area contributed by atoms with Crippen LogP contribution in [0.4, 0.5) is 0 Å². The molecule has 0 atom stereocenters. The van der Waals surface area contributed by atoms with Crippen LogP contribution in [0.3, 0.4) is 0 Å². The molecule has 1 heterocycles. The Bertz CT molecular complexity index is 640. The molecule has 114 valence electrons. The zero-order valence-corrected chi connectivity index (χ0v) is 12.3. The van der Waals surface area contributed by atoms with Gasteiger partial charge in [-0.15, -0.1) is 0 Å². The maximum atomic E-state index is 11.9. The first-order valence-corrected chi connectivity index (χ1v) is 6.72. The third-order valence-electron chi connectivity index (χ3n) is 2.85. The van der Waals surface area contributed by atoms with Crippen molar-refractivity contribution in [1.82, 2.24) is 4.98 Å². The van der Waals surface area contributed by atoms with Gasteiger partial charge in [-0.05, 0) is 24.3 Å². The topological polar surface area (TPSA) is 57.7 Å². The van der Waals surface area contributed by atoms with Crippen molar-refractivity contribution in [3.8, 4) is 11.5 Å². The van der Waals surface area contributed by atoms with Crippen LogP contribution in [-0.4, -0.2) is 24.7 Å². The Balaban J connectivity index is 2.13. The smallest absolute Gasteiger partial charge is 0.338 e. The predicted molar refractivity (Wildman–Crippen MR) is 82.0 cm³/mol. The summed E-state index contributed by atoms with van der Waals surface area (Å²) in [6.07, 6.45) is 4.93. The van der Waals surface area contributed by atoms with E-state index >= 15 is 0 Å². The molecule has 2 rings (SSSR count). The maximum absolute atomic E-state index is 11.9. The largest absolute Gasteiger partial charge is 0.493 e. The van der Waals surface area contributed by atoms with Gasteiger partial charge in [0.2, 0.25) is 0 Å². The number of rotatable bonds is 7. The molecule has 1 aromatic carbocycles. The van der Waals surface area contributed by atoms with Crippen LogP contribution in [0, 0.1) is 0 Å². The SMILES string of the molecule is C=CCOC(=O)c1ccc(OC)c(OCc2cccnc2)c1. The Morgan fingerprint density at radius 3 is 2.86 bits per heavy atom. The number of nitrogens with zero attached hydrogens (tertiary/aromatic N) is 1. The molecule has 0 spiro atoms. The minimum atomic E-state index is -0.436. The van der Waals surface area contributed by atoms with Crippen molar-refractivity contribution in [3.05, 3.63) is 66.5 Å². The fourth-order valence-corrected chi connectivity index (χ4v) is 1.78. The summed E-state index contributed by atoms with van der Waals surface area (Å²) in [6.45, 7) is 4.00. The van der Waals surface area contributed by atoms with E-state index in [1.165, 1.54) is 6.08 Å². The third-order valence-corrected chi connectivity index (χ3v) is 2.85. The van der Waals surface area contributed by atoms with Crippen molar-refractivity contribution >= 4 is 5.97 Å². The lowest BCUT2D eigenvalue weighted by molar-refractivity contribution is 0.0549. The number of pyridine rings is 1. The van der Waals surface area contributed by atoms with E-state index in [4.69, 9.17) is 14.2 Å². The summed E-state index contributed by atoms with van der Waals surface area (Å²) in [5, 5.41) is 0. The van der Waals surface area contributed by atoms with E-state index in [9.17, 15) is 4.79 Å². The van der Waals surface area contributed by atoms with Crippen LogP contribution < -0.4 is 9.47 Å². The average molecular weight is 299 g/mol. The zero-order valence-electron chi connectivity index (χ0n) is 12.3. The van der Waals surface area contributed by atoms with Gasteiger partial charge in [-0.1, -0.05) is 18.7 Å². The van der Waals surface area contributed by atoms with Crippen LogP contribution in [0.5, 0.6) is 11.5 Å². The normalized spacial score (nSPS) is 9.86. The first-order chi connectivity index (χ1) is 10.7. The van der Waals surface area contributed by atoms with E-state index in [1.807, 2.05) is 12.1 Å². The van der Waals surface area contributed by atoms with Crippen molar-refractivity contribution < 1.29 is 19.0 Å². The van der Waals surface area contributed by atoms with Crippen molar-refractivity contribution in [3.63, 3.8) is 0 Å². The van der Waals surface area contributed by atoms with Gasteiger partial charge in [-0.3, -0.25) is 4.98 Å². The van der Waals surface area contributed by atoms with Crippen LogP contribution >= 0.6 is 0 Å². The van der Waals surface area contributed by atoms with Crippen LogP contribution in [0.25, 0.3) is 0 Å². The van der Waals surface area contributed by atoms with Crippen molar-refractivity contribution in [1.29, 1.82) is 0 Å². The molecule has 0 bridgehead atoms. The first kappa shape index (κ1) is 15.6. The molecule has 0 saturated carbocycles. The molecule has 5 heteroatoms. The molecule has 0 amide bonds. The van der Waals surface area contributed by atoms with Gasteiger partial charge in [0.25, 0.3) is 0 Å². The number of aromatic nitrogens is 1. The van der Waals surface area contributed by atoms with Gasteiger partial charge in [0.05, 0.1) is 12.7 Å². The van der Waals surface area contributed by atoms with E-state index in [-0.39, 0.29) is 6.61 Å². The van der Waals surface area contributed by atoms with Gasteiger partial charge in [0, 0.05) is 18.0 Å². The number of esters is 1. The molecule has 0 unspecified atom stereocenters. The summed E-state index contributed by atoms with van der Waals surface area (Å²) in [5.74, 6) is 0.581. The summed E-state index contributed by atoms with van der Waals surface area (Å²) >= 11 is 0. The number of carbonyl (C=O) groups excluding carboxylic acids is 1. The first-order valence-electron chi connectivity index (χ1n) is 6.72. The Morgan fingerprint density at radius 2 is 2.18 bits per heavy atom. The Labute approximate surface area is 129 Å². The summed E-state index contributed by atoms with van der Waals surface area (Å²) in [7, 11) is 1.54. The number of ether oxygens (including phenoxy) is 3. The van der Waals surface area contributed by atoms with E-state index in [0.29, 0.717) is 23.7 Å². The molecule has 0 fully saturated rings. The number of hydrogen-bond acceptors (Lipinski definition) is 5. The average Bonchev–Trinajstić information content (AvgIpc) is 2.58. The molecular formula is C17H17NO4. The van der Waals surface area contributed by atoms with Crippen molar-refractivity contribution in [2.45, 2.75) is 6.61 Å². The number of hydrogen-bond donors (Lipinski definition) is 0. The molecule has 0 aliphatic rings. The molecular weight excluding hydrogens is 282 g/mol. The van der Waals surface area contributed by atoms with E-state index in [2.05, 4.69) is 11.6 Å². The quantitative estimate of drug-likeness (QED) is 0.581. The van der Waals surface area contributed by atoms with Crippen molar-refractivity contribution in [2.24, 2.45) is 0 Å². The number of methoxy groups -OCH3 is 1. The van der Waals surface area contributed by atoms with E-state index < -0.39 is 5.97 Å². The lowest BCUT2D eigenvalue weighted by Crippen LogP contribution is -2.06. The standard InChI is InChI=1S/C17H17NO4/c1-3-9-21-17(19)14-6-7-15(20-2)16(10-14)22-12-13-5-4-8-18-11-13/h3-8,10-11H,1,9,12H2,2H3. The molecule has 5 nitrogen and oxygen atoms in total. The minimum Gasteiger partial charge on any atom is -0.493 e. The van der Waals surface area contributed by atoms with Crippen LogP contribution in [0.2, 0.25) is 0 Å². The fourth-order valence-electron chi connectivity index (χ4n) is 1.78. The second kappa shape index (κ2) is 7.83. The molecule has 0 aliphatic carbocycles. The second-order valence-electron chi connectivity index (χ2n) is 4.40. The summed E-state index contributed by atoms with van der Waals surface area (Å²) in [5.41, 5.74) is 1.31. The Hall–Kier alpha value is -2.82. The van der Waals surface area contributed by atoms with Gasteiger partial charge in [0.15, 0.2) is 11.5 Å². The predicted octanol–water partition coefficient (Wildman–Crippen LogP) is 3.01. The lowest BCUT2D eigenvalue weighted by atomic mass is 10.2.